The minimum Gasteiger partial charge on any atom is -0.462 e. The zero-order valence-corrected chi connectivity index (χ0v) is 18.2. The highest BCUT2D eigenvalue weighted by atomic mass is 16.6. The molecule has 0 aliphatic heterocycles. The van der Waals surface area contributed by atoms with Crippen molar-refractivity contribution in [3.63, 3.8) is 0 Å². The summed E-state index contributed by atoms with van der Waals surface area (Å²) in [6.07, 6.45) is 5.79. The number of fused-ring (bicyclic) bond motifs is 5. The first kappa shape index (κ1) is 20.9. The summed E-state index contributed by atoms with van der Waals surface area (Å²) in [7, 11) is 0. The Kier molecular flexibility index (Phi) is 5.37. The second kappa shape index (κ2) is 7.71. The van der Waals surface area contributed by atoms with E-state index in [4.69, 9.17) is 14.2 Å². The first-order chi connectivity index (χ1) is 14.2. The van der Waals surface area contributed by atoms with Crippen molar-refractivity contribution < 1.29 is 28.6 Å². The first-order valence-corrected chi connectivity index (χ1v) is 10.9. The Morgan fingerprint density at radius 2 is 1.67 bits per heavy atom. The van der Waals surface area contributed by atoms with Gasteiger partial charge in [-0.3, -0.25) is 14.4 Å². The lowest BCUT2D eigenvalue weighted by Gasteiger charge is -2.50. The molecule has 5 atom stereocenters. The molecule has 0 aromatic heterocycles. The van der Waals surface area contributed by atoms with E-state index in [9.17, 15) is 14.4 Å². The molecule has 1 aromatic rings. The van der Waals surface area contributed by atoms with Crippen molar-refractivity contribution in [2.24, 2.45) is 17.3 Å². The highest BCUT2D eigenvalue weighted by Gasteiger charge is 2.56. The Hall–Kier alpha value is -2.37. The monoisotopic (exact) mass is 414 g/mol. The van der Waals surface area contributed by atoms with Crippen LogP contribution in [0.4, 0.5) is 0 Å². The molecule has 0 amide bonds. The molecule has 3 aliphatic carbocycles. The van der Waals surface area contributed by atoms with Gasteiger partial charge in [-0.2, -0.15) is 0 Å². The van der Waals surface area contributed by atoms with Crippen molar-refractivity contribution in [1.29, 1.82) is 0 Å². The SMILES string of the molecule is CC(=O)Oc1ccc2c(c1OC(C)=O)CC[C@@H]1[C@@H]2CC[C@]2(C)[C@@H](OC(C)=O)CC[C@@H]12. The lowest BCUT2D eigenvalue weighted by Crippen LogP contribution is -2.45. The molecule has 4 rings (SSSR count). The Morgan fingerprint density at radius 1 is 0.933 bits per heavy atom. The standard InChI is InChI=1S/C24H30O6/c1-13(25)28-21-9-7-16-17-11-12-24(4)20(8-10-22(24)29-14(2)26)18(17)5-6-19(16)23(21)30-15(3)27/h7,9,17-18,20,22H,5-6,8,10-12H2,1-4H3/t17-,18-,20+,22+,24+/m1/s1. The summed E-state index contributed by atoms with van der Waals surface area (Å²) in [5.74, 6) is 1.06. The molecular formula is C24H30O6. The van der Waals surface area contributed by atoms with Crippen LogP contribution in [0.3, 0.4) is 0 Å². The van der Waals surface area contributed by atoms with Gasteiger partial charge in [0.1, 0.15) is 6.10 Å². The van der Waals surface area contributed by atoms with Crippen molar-refractivity contribution in [2.45, 2.75) is 78.2 Å². The minimum atomic E-state index is -0.437. The molecule has 3 aliphatic rings. The Morgan fingerprint density at radius 3 is 2.33 bits per heavy atom. The van der Waals surface area contributed by atoms with E-state index in [2.05, 4.69) is 6.92 Å². The average Bonchev–Trinajstić information content (AvgIpc) is 2.98. The number of carbonyl (C=O) groups excluding carboxylic acids is 3. The van der Waals surface area contributed by atoms with Crippen LogP contribution in [0.5, 0.6) is 11.5 Å². The molecule has 1 aromatic carbocycles. The number of hydrogen-bond donors (Lipinski definition) is 0. The summed E-state index contributed by atoms with van der Waals surface area (Å²) in [5.41, 5.74) is 2.22. The van der Waals surface area contributed by atoms with Crippen molar-refractivity contribution in [3.8, 4) is 11.5 Å². The predicted octanol–water partition coefficient (Wildman–Crippen LogP) is 4.33. The van der Waals surface area contributed by atoms with Gasteiger partial charge in [-0.25, -0.2) is 0 Å². The topological polar surface area (TPSA) is 78.9 Å². The van der Waals surface area contributed by atoms with Gasteiger partial charge >= 0.3 is 17.9 Å². The van der Waals surface area contributed by atoms with Crippen molar-refractivity contribution in [3.05, 3.63) is 23.3 Å². The second-order valence-electron chi connectivity index (χ2n) is 9.28. The van der Waals surface area contributed by atoms with Gasteiger partial charge in [0, 0.05) is 31.7 Å². The summed E-state index contributed by atoms with van der Waals surface area (Å²) in [6, 6.07) is 3.80. The van der Waals surface area contributed by atoms with Crippen LogP contribution in [0.2, 0.25) is 0 Å². The van der Waals surface area contributed by atoms with Gasteiger partial charge in [-0.05, 0) is 67.9 Å². The van der Waals surface area contributed by atoms with Crippen LogP contribution >= 0.6 is 0 Å². The van der Waals surface area contributed by atoms with E-state index in [0.29, 0.717) is 29.3 Å². The van der Waals surface area contributed by atoms with Gasteiger partial charge in [0.15, 0.2) is 11.5 Å². The van der Waals surface area contributed by atoms with Gasteiger partial charge in [-0.1, -0.05) is 13.0 Å². The predicted molar refractivity (Wildman–Crippen MR) is 109 cm³/mol. The van der Waals surface area contributed by atoms with E-state index in [1.165, 1.54) is 26.3 Å². The van der Waals surface area contributed by atoms with Crippen molar-refractivity contribution in [2.75, 3.05) is 0 Å². The average molecular weight is 414 g/mol. The van der Waals surface area contributed by atoms with E-state index in [0.717, 1.165) is 44.1 Å². The Bertz CT molecular complexity index is 890. The van der Waals surface area contributed by atoms with Gasteiger partial charge in [0.2, 0.25) is 0 Å². The smallest absolute Gasteiger partial charge is 0.308 e. The van der Waals surface area contributed by atoms with Crippen LogP contribution in [-0.4, -0.2) is 24.0 Å². The third-order valence-corrected chi connectivity index (χ3v) is 7.55. The zero-order valence-electron chi connectivity index (χ0n) is 18.2. The van der Waals surface area contributed by atoms with Crippen LogP contribution in [-0.2, 0) is 25.5 Å². The molecule has 0 heterocycles. The summed E-state index contributed by atoms with van der Waals surface area (Å²) >= 11 is 0. The Labute approximate surface area is 177 Å². The fourth-order valence-corrected chi connectivity index (χ4v) is 6.45. The third-order valence-electron chi connectivity index (χ3n) is 7.55. The molecule has 0 saturated heterocycles. The molecule has 6 nitrogen and oxygen atoms in total. The van der Waals surface area contributed by atoms with Gasteiger partial charge in [0.25, 0.3) is 0 Å². The van der Waals surface area contributed by atoms with E-state index in [1.54, 1.807) is 6.07 Å². The largest absolute Gasteiger partial charge is 0.462 e. The molecular weight excluding hydrogens is 384 g/mol. The highest BCUT2D eigenvalue weighted by molar-refractivity contribution is 5.75. The number of ether oxygens (including phenoxy) is 3. The summed E-state index contributed by atoms with van der Waals surface area (Å²) < 4.78 is 16.5. The van der Waals surface area contributed by atoms with Crippen LogP contribution in [0, 0.1) is 17.3 Å². The first-order valence-electron chi connectivity index (χ1n) is 10.9. The molecule has 30 heavy (non-hydrogen) atoms. The summed E-state index contributed by atoms with van der Waals surface area (Å²) in [4.78, 5) is 34.8. The maximum Gasteiger partial charge on any atom is 0.308 e. The number of carbonyl (C=O) groups is 3. The van der Waals surface area contributed by atoms with Crippen LogP contribution in [0.15, 0.2) is 12.1 Å². The maximum absolute atomic E-state index is 11.7. The lowest BCUT2D eigenvalue weighted by molar-refractivity contribution is -0.154. The molecule has 0 spiro atoms. The van der Waals surface area contributed by atoms with Gasteiger partial charge < -0.3 is 14.2 Å². The summed E-state index contributed by atoms with van der Waals surface area (Å²) in [5, 5.41) is 0. The number of esters is 3. The minimum absolute atomic E-state index is 0.00490. The number of rotatable bonds is 3. The van der Waals surface area contributed by atoms with Crippen LogP contribution in [0.25, 0.3) is 0 Å². The molecule has 162 valence electrons. The highest BCUT2D eigenvalue weighted by Crippen LogP contribution is 2.62. The zero-order chi connectivity index (χ0) is 21.6. The van der Waals surface area contributed by atoms with Crippen molar-refractivity contribution >= 4 is 17.9 Å². The molecule has 6 heteroatoms. The number of hydrogen-bond acceptors (Lipinski definition) is 6. The molecule has 0 radical (unpaired) electrons. The van der Waals surface area contributed by atoms with E-state index in [1.807, 2.05) is 6.07 Å². The molecule has 0 N–H and O–H groups in total. The van der Waals surface area contributed by atoms with E-state index < -0.39 is 11.9 Å². The number of benzene rings is 1. The molecule has 0 unspecified atom stereocenters. The molecule has 2 fully saturated rings. The van der Waals surface area contributed by atoms with Gasteiger partial charge in [0.05, 0.1) is 0 Å². The normalized spacial score (nSPS) is 31.7. The quantitative estimate of drug-likeness (QED) is 0.541. The van der Waals surface area contributed by atoms with Crippen molar-refractivity contribution in [1.82, 2.24) is 0 Å². The van der Waals surface area contributed by atoms with Gasteiger partial charge in [-0.15, -0.1) is 0 Å². The van der Waals surface area contributed by atoms with E-state index in [-0.39, 0.29) is 17.5 Å². The maximum atomic E-state index is 11.7. The lowest BCUT2D eigenvalue weighted by atomic mass is 9.55. The molecule has 2 saturated carbocycles. The third kappa shape index (κ3) is 3.50. The summed E-state index contributed by atoms with van der Waals surface area (Å²) in [6.45, 7) is 6.49. The van der Waals surface area contributed by atoms with Crippen LogP contribution in [0.1, 0.15) is 76.8 Å². The Balaban J connectivity index is 1.67. The van der Waals surface area contributed by atoms with E-state index >= 15 is 0 Å². The fraction of sp³-hybridized carbons (Fsp3) is 0.625. The second-order valence-corrected chi connectivity index (χ2v) is 9.28. The van der Waals surface area contributed by atoms with Crippen LogP contribution < -0.4 is 9.47 Å². The fourth-order valence-electron chi connectivity index (χ4n) is 6.45. The molecule has 0 bridgehead atoms.